The second-order valence-electron chi connectivity index (χ2n) is 8.47. The number of halogens is 3. The summed E-state index contributed by atoms with van der Waals surface area (Å²) in [5.74, 6) is -0.362. The molecular weight excluding hydrogens is 436 g/mol. The molecule has 0 radical (unpaired) electrons. The van der Waals surface area contributed by atoms with Crippen LogP contribution in [0.1, 0.15) is 29.0 Å². The van der Waals surface area contributed by atoms with Crippen molar-refractivity contribution in [2.45, 2.75) is 26.2 Å². The summed E-state index contributed by atoms with van der Waals surface area (Å²) < 4.78 is 14.7. The Morgan fingerprint density at radius 3 is 2.55 bits per heavy atom. The SMILES string of the molecule is Cc1ccc(C2CCNCC2C(=O)N2CCN(c3cc(Cl)ccc3C)CC2)c(F)c1.Cl. The van der Waals surface area contributed by atoms with Crippen LogP contribution in [0.4, 0.5) is 10.1 Å². The zero-order chi connectivity index (χ0) is 21.3. The van der Waals surface area contributed by atoms with Crippen LogP contribution in [0.15, 0.2) is 36.4 Å². The first kappa shape index (κ1) is 23.8. The molecule has 1 N–H and O–H groups in total. The lowest BCUT2D eigenvalue weighted by Gasteiger charge is -2.40. The van der Waals surface area contributed by atoms with Crippen molar-refractivity contribution < 1.29 is 9.18 Å². The third-order valence-corrected chi connectivity index (χ3v) is 6.69. The molecule has 2 heterocycles. The second kappa shape index (κ2) is 10.2. The van der Waals surface area contributed by atoms with Crippen LogP contribution in [0.2, 0.25) is 5.02 Å². The average Bonchev–Trinajstić information content (AvgIpc) is 2.75. The molecule has 0 bridgehead atoms. The van der Waals surface area contributed by atoms with E-state index in [9.17, 15) is 9.18 Å². The fourth-order valence-corrected chi connectivity index (χ4v) is 4.91. The summed E-state index contributed by atoms with van der Waals surface area (Å²) in [6, 6.07) is 11.3. The van der Waals surface area contributed by atoms with Crippen molar-refractivity contribution in [1.82, 2.24) is 10.2 Å². The summed E-state index contributed by atoms with van der Waals surface area (Å²) in [6.07, 6.45) is 0.776. The molecule has 7 heteroatoms. The number of carbonyl (C=O) groups excluding carboxylic acids is 1. The third-order valence-electron chi connectivity index (χ3n) is 6.46. The Hall–Kier alpha value is -1.82. The molecule has 2 aromatic rings. The van der Waals surface area contributed by atoms with Gasteiger partial charge in [0.1, 0.15) is 5.82 Å². The van der Waals surface area contributed by atoms with Gasteiger partial charge >= 0.3 is 0 Å². The number of aryl methyl sites for hydroxylation is 2. The summed E-state index contributed by atoms with van der Waals surface area (Å²) in [7, 11) is 0. The van der Waals surface area contributed by atoms with Gasteiger partial charge in [-0.1, -0.05) is 29.8 Å². The predicted molar refractivity (Wildman–Crippen MR) is 127 cm³/mol. The van der Waals surface area contributed by atoms with Crippen molar-refractivity contribution >= 4 is 35.6 Å². The number of amides is 1. The maximum absolute atomic E-state index is 14.7. The number of nitrogens with zero attached hydrogens (tertiary/aromatic N) is 2. The molecule has 2 aliphatic rings. The fourth-order valence-electron chi connectivity index (χ4n) is 4.75. The molecule has 4 nitrogen and oxygen atoms in total. The van der Waals surface area contributed by atoms with E-state index in [1.54, 1.807) is 6.07 Å². The van der Waals surface area contributed by atoms with E-state index in [-0.39, 0.29) is 36.0 Å². The molecule has 168 valence electrons. The quantitative estimate of drug-likeness (QED) is 0.721. The molecular formula is C24H30Cl2FN3O. The van der Waals surface area contributed by atoms with Gasteiger partial charge in [-0.15, -0.1) is 12.4 Å². The number of nitrogens with one attached hydrogen (secondary N) is 1. The maximum Gasteiger partial charge on any atom is 0.227 e. The van der Waals surface area contributed by atoms with Gasteiger partial charge in [-0.2, -0.15) is 0 Å². The normalized spacial score (nSPS) is 21.5. The van der Waals surface area contributed by atoms with Gasteiger partial charge in [-0.05, 0) is 61.7 Å². The fraction of sp³-hybridized carbons (Fsp3) is 0.458. The average molecular weight is 466 g/mol. The van der Waals surface area contributed by atoms with Gasteiger partial charge in [0.2, 0.25) is 5.91 Å². The Labute approximate surface area is 195 Å². The lowest BCUT2D eigenvalue weighted by molar-refractivity contribution is -0.137. The van der Waals surface area contributed by atoms with Crippen molar-refractivity contribution in [2.24, 2.45) is 5.92 Å². The van der Waals surface area contributed by atoms with Gasteiger partial charge in [0.05, 0.1) is 5.92 Å². The van der Waals surface area contributed by atoms with Gasteiger partial charge < -0.3 is 15.1 Å². The van der Waals surface area contributed by atoms with E-state index in [0.717, 1.165) is 42.3 Å². The molecule has 0 aliphatic carbocycles. The number of benzene rings is 2. The minimum Gasteiger partial charge on any atom is -0.368 e. The molecule has 31 heavy (non-hydrogen) atoms. The van der Waals surface area contributed by atoms with Gasteiger partial charge in [0.25, 0.3) is 0 Å². The molecule has 4 rings (SSSR count). The number of rotatable bonds is 3. The molecule has 2 aromatic carbocycles. The molecule has 2 fully saturated rings. The zero-order valence-electron chi connectivity index (χ0n) is 18.0. The molecule has 1 amide bonds. The molecule has 2 saturated heterocycles. The summed E-state index contributed by atoms with van der Waals surface area (Å²) in [6.45, 7) is 8.27. The van der Waals surface area contributed by atoms with Crippen LogP contribution in [0.5, 0.6) is 0 Å². The largest absolute Gasteiger partial charge is 0.368 e. The number of piperazine rings is 1. The zero-order valence-corrected chi connectivity index (χ0v) is 19.6. The van der Waals surface area contributed by atoms with E-state index < -0.39 is 0 Å². The van der Waals surface area contributed by atoms with Gasteiger partial charge in [-0.3, -0.25) is 4.79 Å². The van der Waals surface area contributed by atoms with Gasteiger partial charge in [0.15, 0.2) is 0 Å². The van der Waals surface area contributed by atoms with E-state index >= 15 is 0 Å². The van der Waals surface area contributed by atoms with Crippen LogP contribution in [-0.2, 0) is 4.79 Å². The first-order valence-electron chi connectivity index (χ1n) is 10.7. The lowest BCUT2D eigenvalue weighted by Crippen LogP contribution is -2.53. The topological polar surface area (TPSA) is 35.6 Å². The van der Waals surface area contributed by atoms with E-state index in [0.29, 0.717) is 25.2 Å². The third kappa shape index (κ3) is 5.16. The molecule has 2 aliphatic heterocycles. The second-order valence-corrected chi connectivity index (χ2v) is 8.91. The van der Waals surface area contributed by atoms with Crippen LogP contribution in [0.3, 0.4) is 0 Å². The smallest absolute Gasteiger partial charge is 0.227 e. The van der Waals surface area contributed by atoms with Crippen molar-refractivity contribution in [1.29, 1.82) is 0 Å². The first-order valence-corrected chi connectivity index (χ1v) is 11.1. The highest BCUT2D eigenvalue weighted by atomic mass is 35.5. The van der Waals surface area contributed by atoms with Crippen LogP contribution in [-0.4, -0.2) is 50.1 Å². The summed E-state index contributed by atoms with van der Waals surface area (Å²) in [5.41, 5.74) is 3.90. The highest BCUT2D eigenvalue weighted by Gasteiger charge is 2.36. The minimum absolute atomic E-state index is 0. The van der Waals surface area contributed by atoms with E-state index in [1.807, 2.05) is 42.2 Å². The Morgan fingerprint density at radius 2 is 1.84 bits per heavy atom. The van der Waals surface area contributed by atoms with Gasteiger partial charge in [0, 0.05) is 49.4 Å². The molecule has 2 unspecified atom stereocenters. The van der Waals surface area contributed by atoms with Crippen molar-refractivity contribution in [3.05, 3.63) is 63.9 Å². The standard InChI is InChI=1S/C24H29ClFN3O.ClH/c1-16-3-6-20(22(26)13-16)19-7-8-27-15-21(19)24(30)29-11-9-28(10-12-29)23-14-18(25)5-4-17(23)2;/h3-6,13-14,19,21,27H,7-12,15H2,1-2H3;1H. The number of carbonyl (C=O) groups is 1. The number of hydrogen-bond acceptors (Lipinski definition) is 3. The highest BCUT2D eigenvalue weighted by molar-refractivity contribution is 6.30. The van der Waals surface area contributed by atoms with Crippen LogP contribution >= 0.6 is 24.0 Å². The number of hydrogen-bond donors (Lipinski definition) is 1. The minimum atomic E-state index is -0.226. The monoisotopic (exact) mass is 465 g/mol. The summed E-state index contributed by atoms with van der Waals surface area (Å²) in [5, 5.41) is 4.07. The summed E-state index contributed by atoms with van der Waals surface area (Å²) >= 11 is 6.18. The van der Waals surface area contributed by atoms with Crippen molar-refractivity contribution in [3.63, 3.8) is 0 Å². The van der Waals surface area contributed by atoms with Crippen molar-refractivity contribution in [2.75, 3.05) is 44.2 Å². The number of piperidine rings is 1. The van der Waals surface area contributed by atoms with E-state index in [1.165, 1.54) is 5.56 Å². The Kier molecular flexibility index (Phi) is 7.84. The molecule has 0 spiro atoms. The van der Waals surface area contributed by atoms with E-state index in [4.69, 9.17) is 11.6 Å². The summed E-state index contributed by atoms with van der Waals surface area (Å²) in [4.78, 5) is 17.6. The van der Waals surface area contributed by atoms with Crippen LogP contribution < -0.4 is 10.2 Å². The van der Waals surface area contributed by atoms with E-state index in [2.05, 4.69) is 17.1 Å². The maximum atomic E-state index is 14.7. The first-order chi connectivity index (χ1) is 14.4. The number of anilines is 1. The molecule has 0 saturated carbocycles. The van der Waals surface area contributed by atoms with Crippen LogP contribution in [0.25, 0.3) is 0 Å². The Bertz CT molecular complexity index is 931. The van der Waals surface area contributed by atoms with Crippen LogP contribution in [0, 0.1) is 25.6 Å². The predicted octanol–water partition coefficient (Wildman–Crippen LogP) is 4.56. The lowest BCUT2D eigenvalue weighted by atomic mass is 9.79. The highest BCUT2D eigenvalue weighted by Crippen LogP contribution is 2.34. The Morgan fingerprint density at radius 1 is 1.10 bits per heavy atom. The Balaban J connectivity index is 0.00000272. The van der Waals surface area contributed by atoms with Gasteiger partial charge in [-0.25, -0.2) is 4.39 Å². The molecule has 0 aromatic heterocycles. The van der Waals surface area contributed by atoms with Crippen molar-refractivity contribution in [3.8, 4) is 0 Å². The molecule has 2 atom stereocenters.